The highest BCUT2D eigenvalue weighted by Crippen LogP contribution is 2.15. The summed E-state index contributed by atoms with van der Waals surface area (Å²) >= 11 is 0. The van der Waals surface area contributed by atoms with Crippen molar-refractivity contribution in [2.24, 2.45) is 0 Å². The van der Waals surface area contributed by atoms with Gasteiger partial charge in [-0.05, 0) is 31.5 Å². The third-order valence-electron chi connectivity index (χ3n) is 3.33. The van der Waals surface area contributed by atoms with Gasteiger partial charge in [0.2, 0.25) is 0 Å². The summed E-state index contributed by atoms with van der Waals surface area (Å²) in [5.41, 5.74) is 3.64. The van der Waals surface area contributed by atoms with Crippen LogP contribution < -0.4 is 5.32 Å². The number of hydrogen-bond acceptors (Lipinski definition) is 3. The van der Waals surface area contributed by atoms with Crippen molar-refractivity contribution in [3.63, 3.8) is 0 Å². The SMILES string of the molecule is CCNCc1ccoc1Cn1nc(CC)cc1CC. The molecule has 0 unspecified atom stereocenters. The number of aryl methyl sites for hydroxylation is 2. The molecule has 0 radical (unpaired) electrons. The molecule has 1 N–H and O–H groups in total. The van der Waals surface area contributed by atoms with Crippen LogP contribution in [0.25, 0.3) is 0 Å². The summed E-state index contributed by atoms with van der Waals surface area (Å²) in [5, 5.41) is 7.96. The molecular formula is C15H23N3O. The average molecular weight is 261 g/mol. The average Bonchev–Trinajstić information content (AvgIpc) is 3.03. The highest BCUT2D eigenvalue weighted by molar-refractivity contribution is 5.19. The van der Waals surface area contributed by atoms with E-state index < -0.39 is 0 Å². The highest BCUT2D eigenvalue weighted by atomic mass is 16.3. The monoisotopic (exact) mass is 261 g/mol. The van der Waals surface area contributed by atoms with Crippen LogP contribution in [0, 0.1) is 0 Å². The lowest BCUT2D eigenvalue weighted by atomic mass is 10.2. The fourth-order valence-corrected chi connectivity index (χ4v) is 2.17. The van der Waals surface area contributed by atoms with Gasteiger partial charge in [0.15, 0.2) is 0 Å². The summed E-state index contributed by atoms with van der Waals surface area (Å²) in [6.45, 7) is 8.94. The van der Waals surface area contributed by atoms with Crippen LogP contribution in [0.5, 0.6) is 0 Å². The summed E-state index contributed by atoms with van der Waals surface area (Å²) in [6, 6.07) is 4.22. The molecule has 2 rings (SSSR count). The van der Waals surface area contributed by atoms with Crippen molar-refractivity contribution in [2.75, 3.05) is 6.54 Å². The van der Waals surface area contributed by atoms with Crippen molar-refractivity contribution in [1.29, 1.82) is 0 Å². The van der Waals surface area contributed by atoms with Gasteiger partial charge in [-0.3, -0.25) is 4.68 Å². The standard InChI is InChI=1S/C15H23N3O/c1-4-13-9-14(5-2)18(17-13)11-15-12(7-8-19-15)10-16-6-3/h7-9,16H,4-6,10-11H2,1-3H3. The van der Waals surface area contributed by atoms with Gasteiger partial charge in [-0.25, -0.2) is 0 Å². The largest absolute Gasteiger partial charge is 0.467 e. The molecule has 0 aromatic carbocycles. The van der Waals surface area contributed by atoms with Crippen molar-refractivity contribution in [1.82, 2.24) is 15.1 Å². The lowest BCUT2D eigenvalue weighted by Gasteiger charge is -2.06. The molecule has 0 spiro atoms. The number of hydrogen-bond donors (Lipinski definition) is 1. The summed E-state index contributed by atoms with van der Waals surface area (Å²) < 4.78 is 7.67. The van der Waals surface area contributed by atoms with Crippen molar-refractivity contribution < 1.29 is 4.42 Å². The lowest BCUT2D eigenvalue weighted by molar-refractivity contribution is 0.466. The molecule has 0 fully saturated rings. The van der Waals surface area contributed by atoms with Gasteiger partial charge in [-0.2, -0.15) is 5.10 Å². The molecule has 0 saturated heterocycles. The third-order valence-corrected chi connectivity index (χ3v) is 3.33. The third kappa shape index (κ3) is 3.26. The Morgan fingerprint density at radius 1 is 1.26 bits per heavy atom. The Morgan fingerprint density at radius 3 is 2.79 bits per heavy atom. The minimum atomic E-state index is 0.719. The summed E-state index contributed by atoms with van der Waals surface area (Å²) in [6.07, 6.45) is 3.73. The number of nitrogens with one attached hydrogen (secondary N) is 1. The molecule has 4 nitrogen and oxygen atoms in total. The van der Waals surface area contributed by atoms with Crippen molar-refractivity contribution in [3.8, 4) is 0 Å². The predicted molar refractivity (Wildman–Crippen MR) is 76.2 cm³/mol. The zero-order valence-electron chi connectivity index (χ0n) is 12.1. The number of nitrogens with zero attached hydrogens (tertiary/aromatic N) is 2. The Balaban J connectivity index is 2.16. The molecule has 0 amide bonds. The fraction of sp³-hybridized carbons (Fsp3) is 0.533. The summed E-state index contributed by atoms with van der Waals surface area (Å²) in [5.74, 6) is 1.00. The van der Waals surface area contributed by atoms with Crippen molar-refractivity contribution in [3.05, 3.63) is 41.1 Å². The molecule has 19 heavy (non-hydrogen) atoms. The van der Waals surface area contributed by atoms with E-state index in [2.05, 4.69) is 41.9 Å². The van der Waals surface area contributed by atoms with E-state index >= 15 is 0 Å². The van der Waals surface area contributed by atoms with Crippen LogP contribution in [-0.4, -0.2) is 16.3 Å². The quantitative estimate of drug-likeness (QED) is 0.833. The van der Waals surface area contributed by atoms with Crippen LogP contribution in [0.3, 0.4) is 0 Å². The first kappa shape index (κ1) is 13.9. The van der Waals surface area contributed by atoms with E-state index in [9.17, 15) is 0 Å². The molecule has 4 heteroatoms. The Labute approximate surface area is 114 Å². The van der Waals surface area contributed by atoms with Crippen LogP contribution in [0.1, 0.15) is 43.5 Å². The molecule has 2 heterocycles. The van der Waals surface area contributed by atoms with Gasteiger partial charge >= 0.3 is 0 Å². The fourth-order valence-electron chi connectivity index (χ4n) is 2.17. The first-order chi connectivity index (χ1) is 9.28. The van der Waals surface area contributed by atoms with E-state index in [1.165, 1.54) is 11.3 Å². The molecule has 0 aliphatic rings. The summed E-state index contributed by atoms with van der Waals surface area (Å²) in [4.78, 5) is 0. The first-order valence-electron chi connectivity index (χ1n) is 7.10. The minimum absolute atomic E-state index is 0.719. The second-order valence-corrected chi connectivity index (χ2v) is 4.64. The highest BCUT2D eigenvalue weighted by Gasteiger charge is 2.11. The second-order valence-electron chi connectivity index (χ2n) is 4.64. The normalized spacial score (nSPS) is 11.1. The zero-order valence-corrected chi connectivity index (χ0v) is 12.1. The van der Waals surface area contributed by atoms with E-state index in [4.69, 9.17) is 4.42 Å². The molecule has 0 aliphatic carbocycles. The van der Waals surface area contributed by atoms with Gasteiger partial charge in [-0.1, -0.05) is 20.8 Å². The molecule has 2 aromatic rings. The van der Waals surface area contributed by atoms with E-state index in [0.29, 0.717) is 0 Å². The molecule has 0 atom stereocenters. The maximum absolute atomic E-state index is 5.61. The smallest absolute Gasteiger partial charge is 0.129 e. The second kappa shape index (κ2) is 6.57. The topological polar surface area (TPSA) is 43.0 Å². The van der Waals surface area contributed by atoms with Gasteiger partial charge in [0.25, 0.3) is 0 Å². The minimum Gasteiger partial charge on any atom is -0.467 e. The van der Waals surface area contributed by atoms with Crippen LogP contribution in [0.2, 0.25) is 0 Å². The van der Waals surface area contributed by atoms with E-state index in [1.807, 2.05) is 6.07 Å². The van der Waals surface area contributed by atoms with Gasteiger partial charge in [0.05, 0.1) is 18.5 Å². The molecule has 2 aromatic heterocycles. The Bertz CT molecular complexity index is 513. The zero-order chi connectivity index (χ0) is 13.7. The molecule has 0 saturated carbocycles. The van der Waals surface area contributed by atoms with Crippen LogP contribution in [-0.2, 0) is 25.9 Å². The van der Waals surface area contributed by atoms with Crippen LogP contribution >= 0.6 is 0 Å². The van der Waals surface area contributed by atoms with E-state index in [0.717, 1.165) is 43.9 Å². The maximum Gasteiger partial charge on any atom is 0.129 e. The van der Waals surface area contributed by atoms with E-state index in [-0.39, 0.29) is 0 Å². The first-order valence-corrected chi connectivity index (χ1v) is 7.10. The van der Waals surface area contributed by atoms with Gasteiger partial charge < -0.3 is 9.73 Å². The summed E-state index contributed by atoms with van der Waals surface area (Å²) in [7, 11) is 0. The van der Waals surface area contributed by atoms with Gasteiger partial charge in [0.1, 0.15) is 5.76 Å². The maximum atomic E-state index is 5.61. The molecular weight excluding hydrogens is 238 g/mol. The van der Waals surface area contributed by atoms with Crippen molar-refractivity contribution >= 4 is 0 Å². The van der Waals surface area contributed by atoms with Crippen LogP contribution in [0.15, 0.2) is 22.8 Å². The molecule has 104 valence electrons. The number of rotatable bonds is 7. The van der Waals surface area contributed by atoms with Gasteiger partial charge in [0, 0.05) is 17.8 Å². The Morgan fingerprint density at radius 2 is 2.11 bits per heavy atom. The number of furan rings is 1. The van der Waals surface area contributed by atoms with Crippen LogP contribution in [0.4, 0.5) is 0 Å². The lowest BCUT2D eigenvalue weighted by Crippen LogP contribution is -2.14. The molecule has 0 bridgehead atoms. The van der Waals surface area contributed by atoms with E-state index in [1.54, 1.807) is 6.26 Å². The number of aromatic nitrogens is 2. The Kier molecular flexibility index (Phi) is 4.80. The molecule has 0 aliphatic heterocycles. The predicted octanol–water partition coefficient (Wildman–Crippen LogP) is 2.76. The van der Waals surface area contributed by atoms with Crippen molar-refractivity contribution in [2.45, 2.75) is 46.7 Å². The van der Waals surface area contributed by atoms with Gasteiger partial charge in [-0.15, -0.1) is 0 Å². The Hall–Kier alpha value is -1.55.